The Hall–Kier alpha value is -2.27. The van der Waals surface area contributed by atoms with Crippen molar-refractivity contribution in [2.24, 2.45) is 0 Å². The van der Waals surface area contributed by atoms with E-state index in [1.165, 1.54) is 12.1 Å². The van der Waals surface area contributed by atoms with Crippen molar-refractivity contribution in [1.29, 1.82) is 0 Å². The number of nitrogens with one attached hydrogen (secondary N) is 1. The first kappa shape index (κ1) is 15.1. The van der Waals surface area contributed by atoms with Crippen molar-refractivity contribution in [1.82, 2.24) is 0 Å². The molecule has 1 unspecified atom stereocenters. The summed E-state index contributed by atoms with van der Waals surface area (Å²) < 4.78 is 23.5. The highest BCUT2D eigenvalue weighted by molar-refractivity contribution is 5.43. The lowest BCUT2D eigenvalue weighted by atomic mass is 10.3. The second kappa shape index (κ2) is 7.50. The molecule has 0 fully saturated rings. The van der Waals surface area contributed by atoms with E-state index in [9.17, 15) is 9.50 Å². The van der Waals surface area contributed by atoms with Crippen molar-refractivity contribution >= 4 is 5.69 Å². The fraction of sp³-hybridized carbons (Fsp3) is 0.250. The number of rotatable bonds is 7. The monoisotopic (exact) mass is 291 g/mol. The van der Waals surface area contributed by atoms with Crippen molar-refractivity contribution in [3.8, 4) is 11.5 Å². The van der Waals surface area contributed by atoms with Crippen LogP contribution < -0.4 is 14.8 Å². The summed E-state index contributed by atoms with van der Waals surface area (Å²) >= 11 is 0. The van der Waals surface area contributed by atoms with E-state index in [2.05, 4.69) is 5.32 Å². The molecular formula is C16H18FNO3. The number of halogens is 1. The van der Waals surface area contributed by atoms with Gasteiger partial charge in [-0.15, -0.1) is 0 Å². The Bertz CT molecular complexity index is 560. The first-order valence-corrected chi connectivity index (χ1v) is 6.62. The van der Waals surface area contributed by atoms with E-state index in [0.717, 1.165) is 5.75 Å². The molecule has 0 aromatic heterocycles. The lowest BCUT2D eigenvalue weighted by Gasteiger charge is -2.14. The van der Waals surface area contributed by atoms with Crippen LogP contribution in [0.5, 0.6) is 11.5 Å². The van der Waals surface area contributed by atoms with Crippen molar-refractivity contribution in [2.45, 2.75) is 6.10 Å². The maximum absolute atomic E-state index is 13.0. The first-order chi connectivity index (χ1) is 10.2. The molecular weight excluding hydrogens is 273 g/mol. The van der Waals surface area contributed by atoms with Gasteiger partial charge < -0.3 is 19.9 Å². The Morgan fingerprint density at radius 2 is 1.86 bits per heavy atom. The van der Waals surface area contributed by atoms with Gasteiger partial charge in [0.05, 0.1) is 7.11 Å². The van der Waals surface area contributed by atoms with E-state index in [0.29, 0.717) is 11.4 Å². The molecule has 5 heteroatoms. The van der Waals surface area contributed by atoms with Crippen LogP contribution in [-0.4, -0.2) is 31.5 Å². The molecule has 0 radical (unpaired) electrons. The quantitative estimate of drug-likeness (QED) is 0.823. The van der Waals surface area contributed by atoms with Crippen LogP contribution >= 0.6 is 0 Å². The Labute approximate surface area is 123 Å². The predicted octanol–water partition coefficient (Wildman–Crippen LogP) is 2.69. The molecule has 2 rings (SSSR count). The molecule has 21 heavy (non-hydrogen) atoms. The van der Waals surface area contributed by atoms with Gasteiger partial charge in [0.25, 0.3) is 0 Å². The summed E-state index contributed by atoms with van der Waals surface area (Å²) in [5, 5.41) is 12.8. The molecule has 0 aliphatic rings. The zero-order valence-corrected chi connectivity index (χ0v) is 11.8. The molecule has 0 heterocycles. The van der Waals surface area contributed by atoms with Crippen LogP contribution in [0.15, 0.2) is 48.5 Å². The van der Waals surface area contributed by atoms with E-state index < -0.39 is 6.10 Å². The summed E-state index contributed by atoms with van der Waals surface area (Å²) in [5.74, 6) is 1.08. The minimum Gasteiger partial charge on any atom is -0.497 e. The Morgan fingerprint density at radius 3 is 2.52 bits per heavy atom. The van der Waals surface area contributed by atoms with E-state index in [1.807, 2.05) is 0 Å². The molecule has 112 valence electrons. The van der Waals surface area contributed by atoms with Gasteiger partial charge in [-0.1, -0.05) is 6.07 Å². The van der Waals surface area contributed by atoms with Gasteiger partial charge >= 0.3 is 0 Å². The van der Waals surface area contributed by atoms with Gasteiger partial charge in [0.1, 0.15) is 30.0 Å². The van der Waals surface area contributed by atoms with Crippen LogP contribution in [0.25, 0.3) is 0 Å². The topological polar surface area (TPSA) is 50.7 Å². The highest BCUT2D eigenvalue weighted by Gasteiger charge is 2.06. The lowest BCUT2D eigenvalue weighted by Crippen LogP contribution is -2.26. The van der Waals surface area contributed by atoms with E-state index in [1.54, 1.807) is 43.5 Å². The normalized spacial score (nSPS) is 11.8. The maximum atomic E-state index is 13.0. The van der Waals surface area contributed by atoms with Crippen LogP contribution in [0, 0.1) is 5.82 Å². The number of aliphatic hydroxyl groups is 1. The van der Waals surface area contributed by atoms with Crippen molar-refractivity contribution in [2.75, 3.05) is 25.6 Å². The standard InChI is InChI=1S/C16H18FNO3/c1-20-15-5-7-16(8-6-15)21-11-14(19)10-18-13-4-2-3-12(17)9-13/h2-9,14,18-19H,10-11H2,1H3. The van der Waals surface area contributed by atoms with Gasteiger partial charge in [-0.05, 0) is 42.5 Å². The molecule has 0 aliphatic heterocycles. The van der Waals surface area contributed by atoms with E-state index in [4.69, 9.17) is 9.47 Å². The molecule has 0 saturated carbocycles. The Morgan fingerprint density at radius 1 is 1.14 bits per heavy atom. The molecule has 2 N–H and O–H groups in total. The van der Waals surface area contributed by atoms with Gasteiger partial charge in [-0.25, -0.2) is 4.39 Å². The largest absolute Gasteiger partial charge is 0.497 e. The zero-order chi connectivity index (χ0) is 15.1. The summed E-state index contributed by atoms with van der Waals surface area (Å²) in [7, 11) is 1.59. The SMILES string of the molecule is COc1ccc(OCC(O)CNc2cccc(F)c2)cc1. The number of methoxy groups -OCH3 is 1. The highest BCUT2D eigenvalue weighted by atomic mass is 19.1. The fourth-order valence-electron chi connectivity index (χ4n) is 1.76. The summed E-state index contributed by atoms with van der Waals surface area (Å²) in [6, 6.07) is 13.2. The third-order valence-corrected chi connectivity index (χ3v) is 2.87. The minimum absolute atomic E-state index is 0.147. The van der Waals surface area contributed by atoms with Crippen molar-refractivity contribution < 1.29 is 19.0 Å². The number of ether oxygens (including phenoxy) is 2. The van der Waals surface area contributed by atoms with Crippen LogP contribution in [0.1, 0.15) is 0 Å². The smallest absolute Gasteiger partial charge is 0.125 e. The van der Waals surface area contributed by atoms with E-state index >= 15 is 0 Å². The summed E-state index contributed by atoms with van der Waals surface area (Å²) in [6.07, 6.45) is -0.699. The maximum Gasteiger partial charge on any atom is 0.125 e. The van der Waals surface area contributed by atoms with Crippen LogP contribution in [-0.2, 0) is 0 Å². The molecule has 4 nitrogen and oxygen atoms in total. The molecule has 0 amide bonds. The van der Waals surface area contributed by atoms with Crippen molar-refractivity contribution in [3.63, 3.8) is 0 Å². The van der Waals surface area contributed by atoms with Gasteiger partial charge in [-0.3, -0.25) is 0 Å². The summed E-state index contributed by atoms with van der Waals surface area (Å²) in [4.78, 5) is 0. The number of hydrogen-bond donors (Lipinski definition) is 2. The molecule has 0 bridgehead atoms. The minimum atomic E-state index is -0.699. The van der Waals surface area contributed by atoms with Gasteiger partial charge in [0.15, 0.2) is 0 Å². The molecule has 0 spiro atoms. The van der Waals surface area contributed by atoms with Gasteiger partial charge in [0.2, 0.25) is 0 Å². The summed E-state index contributed by atoms with van der Waals surface area (Å²) in [6.45, 7) is 0.425. The van der Waals surface area contributed by atoms with Crippen LogP contribution in [0.3, 0.4) is 0 Å². The molecule has 2 aromatic rings. The summed E-state index contributed by atoms with van der Waals surface area (Å²) in [5.41, 5.74) is 0.624. The fourth-order valence-corrected chi connectivity index (χ4v) is 1.76. The van der Waals surface area contributed by atoms with Gasteiger partial charge in [0, 0.05) is 12.2 Å². The second-order valence-corrected chi connectivity index (χ2v) is 4.53. The third-order valence-electron chi connectivity index (χ3n) is 2.87. The predicted molar refractivity (Wildman–Crippen MR) is 79.4 cm³/mol. The van der Waals surface area contributed by atoms with Crippen molar-refractivity contribution in [3.05, 3.63) is 54.3 Å². The zero-order valence-electron chi connectivity index (χ0n) is 11.8. The number of aliphatic hydroxyl groups excluding tert-OH is 1. The number of anilines is 1. The molecule has 0 saturated heterocycles. The molecule has 0 aliphatic carbocycles. The Balaban J connectivity index is 1.75. The third kappa shape index (κ3) is 4.96. The average molecular weight is 291 g/mol. The van der Waals surface area contributed by atoms with Crippen LogP contribution in [0.2, 0.25) is 0 Å². The highest BCUT2D eigenvalue weighted by Crippen LogP contribution is 2.17. The first-order valence-electron chi connectivity index (χ1n) is 6.62. The van der Waals surface area contributed by atoms with Crippen LogP contribution in [0.4, 0.5) is 10.1 Å². The number of hydrogen-bond acceptors (Lipinski definition) is 4. The van der Waals surface area contributed by atoms with E-state index in [-0.39, 0.29) is 19.0 Å². The van der Waals surface area contributed by atoms with Gasteiger partial charge in [-0.2, -0.15) is 0 Å². The second-order valence-electron chi connectivity index (χ2n) is 4.53. The molecule has 1 atom stereocenters. The number of benzene rings is 2. The average Bonchev–Trinajstić information content (AvgIpc) is 2.51. The lowest BCUT2D eigenvalue weighted by molar-refractivity contribution is 0.117. The molecule has 2 aromatic carbocycles. The Kier molecular flexibility index (Phi) is 5.40.